The van der Waals surface area contributed by atoms with Crippen molar-refractivity contribution in [2.45, 2.75) is 20.4 Å². The van der Waals surface area contributed by atoms with E-state index in [9.17, 15) is 0 Å². The van der Waals surface area contributed by atoms with E-state index in [0.29, 0.717) is 30.6 Å². The number of hydrogen-bond donors (Lipinski definition) is 2. The third kappa shape index (κ3) is 4.10. The quantitative estimate of drug-likeness (QED) is 0.850. The zero-order chi connectivity index (χ0) is 13.7. The second-order valence-corrected chi connectivity index (χ2v) is 5.59. The molecule has 6 heteroatoms. The second-order valence-electron chi connectivity index (χ2n) is 4.62. The highest BCUT2D eigenvalue weighted by Crippen LogP contribution is 2.22. The average molecular weight is 278 g/mol. The highest BCUT2D eigenvalue weighted by atomic mass is 32.1. The summed E-state index contributed by atoms with van der Waals surface area (Å²) in [5.74, 6) is 1.68. The van der Waals surface area contributed by atoms with Gasteiger partial charge in [-0.05, 0) is 18.1 Å². The van der Waals surface area contributed by atoms with Crippen molar-refractivity contribution in [2.75, 3.05) is 17.7 Å². The molecule has 0 unspecified atom stereocenters. The highest BCUT2D eigenvalue weighted by molar-refractivity contribution is 7.09. The lowest BCUT2D eigenvalue weighted by Crippen LogP contribution is -2.09. The summed E-state index contributed by atoms with van der Waals surface area (Å²) in [6.07, 6.45) is 1.84. The van der Waals surface area contributed by atoms with Gasteiger partial charge in [-0.15, -0.1) is 11.3 Å². The van der Waals surface area contributed by atoms with Crippen LogP contribution in [0.2, 0.25) is 0 Å². The molecule has 0 atom stereocenters. The molecule has 0 radical (unpaired) electrons. The topological polar surface area (TPSA) is 73.1 Å². The number of nitrogen functional groups attached to an aromatic ring is 1. The zero-order valence-corrected chi connectivity index (χ0v) is 11.9. The van der Waals surface area contributed by atoms with Gasteiger partial charge in [-0.3, -0.25) is 4.98 Å². The van der Waals surface area contributed by atoms with Crippen molar-refractivity contribution >= 4 is 22.8 Å². The standard InChI is InChI=1S/C13H18N4OS/c1-9(2)7-18-13-11(14)3-4-12(17-13)16-6-10-5-15-8-19-10/h3-5,8-9H,6-7,14H2,1-2H3,(H,16,17). The summed E-state index contributed by atoms with van der Waals surface area (Å²) in [7, 11) is 0. The number of nitrogens with zero attached hydrogens (tertiary/aromatic N) is 2. The fourth-order valence-corrected chi connectivity index (χ4v) is 1.95. The summed E-state index contributed by atoms with van der Waals surface area (Å²) in [6, 6.07) is 3.65. The van der Waals surface area contributed by atoms with Gasteiger partial charge in [0.1, 0.15) is 5.82 Å². The molecule has 0 saturated heterocycles. The maximum atomic E-state index is 5.84. The molecular formula is C13H18N4OS. The van der Waals surface area contributed by atoms with Gasteiger partial charge >= 0.3 is 0 Å². The summed E-state index contributed by atoms with van der Waals surface area (Å²) in [6.45, 7) is 5.48. The summed E-state index contributed by atoms with van der Waals surface area (Å²) >= 11 is 1.61. The van der Waals surface area contributed by atoms with Crippen LogP contribution in [-0.4, -0.2) is 16.6 Å². The Labute approximate surface area is 116 Å². The van der Waals surface area contributed by atoms with Crippen LogP contribution in [0.5, 0.6) is 5.88 Å². The molecule has 3 N–H and O–H groups in total. The SMILES string of the molecule is CC(C)COc1nc(NCc2cncs2)ccc1N. The highest BCUT2D eigenvalue weighted by Gasteiger charge is 2.06. The summed E-state index contributed by atoms with van der Waals surface area (Å²) in [5.41, 5.74) is 8.21. The third-order valence-corrected chi connectivity index (χ3v) is 3.15. The average Bonchev–Trinajstić information content (AvgIpc) is 2.89. The Hall–Kier alpha value is -1.82. The Morgan fingerprint density at radius 1 is 1.42 bits per heavy atom. The third-order valence-electron chi connectivity index (χ3n) is 2.37. The van der Waals surface area contributed by atoms with E-state index >= 15 is 0 Å². The van der Waals surface area contributed by atoms with Gasteiger partial charge in [0, 0.05) is 11.1 Å². The van der Waals surface area contributed by atoms with Crippen LogP contribution >= 0.6 is 11.3 Å². The Morgan fingerprint density at radius 2 is 2.26 bits per heavy atom. The van der Waals surface area contributed by atoms with E-state index in [-0.39, 0.29) is 0 Å². The molecule has 0 aliphatic heterocycles. The normalized spacial score (nSPS) is 10.7. The molecule has 2 heterocycles. The Morgan fingerprint density at radius 3 is 2.95 bits per heavy atom. The maximum absolute atomic E-state index is 5.84. The molecule has 0 fully saturated rings. The molecule has 0 bridgehead atoms. The number of nitrogens with one attached hydrogen (secondary N) is 1. The molecule has 2 aromatic rings. The number of hydrogen-bond acceptors (Lipinski definition) is 6. The van der Waals surface area contributed by atoms with Crippen LogP contribution in [0.1, 0.15) is 18.7 Å². The maximum Gasteiger partial charge on any atom is 0.239 e. The molecule has 0 aromatic carbocycles. The number of rotatable bonds is 6. The Kier molecular flexibility index (Phi) is 4.57. The number of aromatic nitrogens is 2. The van der Waals surface area contributed by atoms with Gasteiger partial charge in [-0.1, -0.05) is 13.8 Å². The van der Waals surface area contributed by atoms with Gasteiger partial charge < -0.3 is 15.8 Å². The van der Waals surface area contributed by atoms with E-state index in [4.69, 9.17) is 10.5 Å². The van der Waals surface area contributed by atoms with E-state index in [0.717, 1.165) is 10.7 Å². The van der Waals surface area contributed by atoms with Crippen LogP contribution in [0.15, 0.2) is 23.8 Å². The number of nitrogens with two attached hydrogens (primary N) is 1. The zero-order valence-electron chi connectivity index (χ0n) is 11.1. The van der Waals surface area contributed by atoms with Crippen LogP contribution in [0.25, 0.3) is 0 Å². The first-order valence-corrected chi connectivity index (χ1v) is 7.03. The summed E-state index contributed by atoms with van der Waals surface area (Å²) in [5, 5.41) is 3.23. The van der Waals surface area contributed by atoms with E-state index in [1.54, 1.807) is 17.4 Å². The minimum Gasteiger partial charge on any atom is -0.476 e. The van der Waals surface area contributed by atoms with Crippen molar-refractivity contribution in [3.8, 4) is 5.88 Å². The smallest absolute Gasteiger partial charge is 0.239 e. The summed E-state index contributed by atoms with van der Waals surface area (Å²) in [4.78, 5) is 9.55. The monoisotopic (exact) mass is 278 g/mol. The van der Waals surface area contributed by atoms with E-state index in [2.05, 4.69) is 29.1 Å². The lowest BCUT2D eigenvalue weighted by molar-refractivity contribution is 0.263. The van der Waals surface area contributed by atoms with E-state index in [1.807, 2.05) is 17.8 Å². The van der Waals surface area contributed by atoms with Crippen LogP contribution in [-0.2, 0) is 6.54 Å². The largest absolute Gasteiger partial charge is 0.476 e. The fraction of sp³-hybridized carbons (Fsp3) is 0.385. The molecular weight excluding hydrogens is 260 g/mol. The minimum atomic E-state index is 0.440. The molecule has 5 nitrogen and oxygen atoms in total. The molecule has 2 aromatic heterocycles. The van der Waals surface area contributed by atoms with E-state index < -0.39 is 0 Å². The van der Waals surface area contributed by atoms with Crippen molar-refractivity contribution in [1.82, 2.24) is 9.97 Å². The van der Waals surface area contributed by atoms with Crippen LogP contribution in [0, 0.1) is 5.92 Å². The van der Waals surface area contributed by atoms with Crippen LogP contribution < -0.4 is 15.8 Å². The number of ether oxygens (including phenoxy) is 1. The van der Waals surface area contributed by atoms with Crippen molar-refractivity contribution in [3.63, 3.8) is 0 Å². The van der Waals surface area contributed by atoms with Crippen LogP contribution in [0.4, 0.5) is 11.5 Å². The van der Waals surface area contributed by atoms with Gasteiger partial charge in [0.25, 0.3) is 0 Å². The molecule has 0 aliphatic rings. The van der Waals surface area contributed by atoms with Crippen molar-refractivity contribution in [2.24, 2.45) is 5.92 Å². The molecule has 2 rings (SSSR count). The van der Waals surface area contributed by atoms with Gasteiger partial charge in [0.15, 0.2) is 0 Å². The molecule has 19 heavy (non-hydrogen) atoms. The first-order valence-electron chi connectivity index (χ1n) is 6.15. The predicted octanol–water partition coefficient (Wildman–Crippen LogP) is 2.77. The van der Waals surface area contributed by atoms with E-state index in [1.165, 1.54) is 0 Å². The van der Waals surface area contributed by atoms with Crippen molar-refractivity contribution < 1.29 is 4.74 Å². The van der Waals surface area contributed by atoms with Gasteiger partial charge in [0.05, 0.1) is 24.3 Å². The lowest BCUT2D eigenvalue weighted by Gasteiger charge is -2.11. The fourth-order valence-electron chi connectivity index (χ4n) is 1.42. The lowest BCUT2D eigenvalue weighted by atomic mass is 10.2. The second kappa shape index (κ2) is 6.38. The Bertz CT molecular complexity index is 513. The summed E-state index contributed by atoms with van der Waals surface area (Å²) < 4.78 is 5.59. The number of anilines is 2. The minimum absolute atomic E-state index is 0.440. The molecule has 0 amide bonds. The van der Waals surface area contributed by atoms with Crippen LogP contribution in [0.3, 0.4) is 0 Å². The number of thiazole rings is 1. The first kappa shape index (κ1) is 13.6. The van der Waals surface area contributed by atoms with Gasteiger partial charge in [-0.2, -0.15) is 4.98 Å². The van der Waals surface area contributed by atoms with Crippen molar-refractivity contribution in [1.29, 1.82) is 0 Å². The van der Waals surface area contributed by atoms with Gasteiger partial charge in [0.2, 0.25) is 5.88 Å². The Balaban J connectivity index is 1.99. The molecule has 0 spiro atoms. The van der Waals surface area contributed by atoms with Gasteiger partial charge in [-0.25, -0.2) is 0 Å². The molecule has 0 saturated carbocycles. The predicted molar refractivity (Wildman–Crippen MR) is 78.4 cm³/mol. The molecule has 102 valence electrons. The number of pyridine rings is 1. The first-order chi connectivity index (χ1) is 9.15. The molecule has 0 aliphatic carbocycles. The van der Waals surface area contributed by atoms with Crippen molar-refractivity contribution in [3.05, 3.63) is 28.7 Å².